The number of carbonyl (C=O) groups is 2. The molecule has 0 N–H and O–H groups in total. The zero-order chi connectivity index (χ0) is 35.0. The Morgan fingerprint density at radius 2 is 1.04 bits per heavy atom. The first kappa shape index (κ1) is 38.0. The average molecular weight is 673 g/mol. The molecule has 2 heteroatoms. The molecular weight excluding hydrogens is 609 g/mol. The van der Waals surface area contributed by atoms with E-state index < -0.39 is 5.78 Å². The molecule has 0 fully saturated rings. The van der Waals surface area contributed by atoms with Crippen LogP contribution in [0.15, 0.2) is 48.5 Å². The van der Waals surface area contributed by atoms with E-state index in [1.54, 1.807) is 0 Å². The second-order valence-corrected chi connectivity index (χ2v) is 15.5. The first-order valence-corrected chi connectivity index (χ1v) is 20.7. The molecule has 0 atom stereocenters. The number of hydrogen-bond donors (Lipinski definition) is 0. The fourth-order valence-electron chi connectivity index (χ4n) is 8.32. The summed E-state index contributed by atoms with van der Waals surface area (Å²) in [6.45, 7) is 4.56. The highest BCUT2D eigenvalue weighted by Crippen LogP contribution is 2.28. The van der Waals surface area contributed by atoms with Crippen LogP contribution in [0.1, 0.15) is 187 Å². The number of unbranched alkanes of at least 4 members (excludes halogenated alkanes) is 18. The number of hydrogen-bond acceptors (Lipinski definition) is 2. The number of rotatable bonds is 24. The Morgan fingerprint density at radius 3 is 1.60 bits per heavy atom. The number of ketones is 1. The largest absolute Gasteiger partial charge is 0.294 e. The van der Waals surface area contributed by atoms with E-state index in [2.05, 4.69) is 68.5 Å². The number of fused-ring (bicyclic) bond motifs is 4. The van der Waals surface area contributed by atoms with Gasteiger partial charge in [0.25, 0.3) is 0 Å². The summed E-state index contributed by atoms with van der Waals surface area (Å²) in [5, 5.41) is 2.21. The molecule has 0 amide bonds. The maximum Gasteiger partial charge on any atom is 0.226 e. The first-order chi connectivity index (χ1) is 24.6. The van der Waals surface area contributed by atoms with Crippen LogP contribution in [0.3, 0.4) is 0 Å². The Hall–Kier alpha value is -3.26. The summed E-state index contributed by atoms with van der Waals surface area (Å²) in [5.41, 5.74) is 10.5. The number of Topliss-reactive ketones (excluding diaryl/α,β-unsaturated/α-hetero) is 1. The summed E-state index contributed by atoms with van der Waals surface area (Å²) in [5.74, 6) is -0.403. The van der Waals surface area contributed by atoms with Gasteiger partial charge in [0.2, 0.25) is 5.78 Å². The topological polar surface area (TPSA) is 34.1 Å². The van der Waals surface area contributed by atoms with Crippen LogP contribution in [-0.2, 0) is 35.3 Å². The lowest BCUT2D eigenvalue weighted by Gasteiger charge is -2.22. The summed E-state index contributed by atoms with van der Waals surface area (Å²) in [7, 11) is 0. The van der Waals surface area contributed by atoms with Crippen LogP contribution >= 0.6 is 0 Å². The Kier molecular flexibility index (Phi) is 15.6. The van der Waals surface area contributed by atoms with Gasteiger partial charge in [0, 0.05) is 5.57 Å². The van der Waals surface area contributed by atoms with Crippen LogP contribution in [0.25, 0.3) is 11.6 Å². The minimum absolute atomic E-state index is 0.403. The van der Waals surface area contributed by atoms with E-state index in [-0.39, 0.29) is 0 Å². The van der Waals surface area contributed by atoms with Gasteiger partial charge in [-0.1, -0.05) is 172 Å². The predicted molar refractivity (Wildman–Crippen MR) is 212 cm³/mol. The van der Waals surface area contributed by atoms with Gasteiger partial charge in [-0.25, -0.2) is 0 Å². The molecular formula is C48H64O2. The molecule has 2 nitrogen and oxygen atoms in total. The Labute approximate surface area is 303 Å². The van der Waals surface area contributed by atoms with Crippen LogP contribution in [-0.4, -0.2) is 12.1 Å². The molecule has 268 valence electrons. The summed E-state index contributed by atoms with van der Waals surface area (Å²) < 4.78 is 0. The number of aldehydes is 1. The quantitative estimate of drug-likeness (QED) is 0.0422. The van der Waals surface area contributed by atoms with E-state index in [1.807, 2.05) is 0 Å². The molecule has 0 saturated heterocycles. The van der Waals surface area contributed by atoms with Crippen molar-refractivity contribution >= 4 is 23.7 Å². The van der Waals surface area contributed by atoms with E-state index >= 15 is 0 Å². The van der Waals surface area contributed by atoms with Gasteiger partial charge in [0.05, 0.1) is 0 Å². The van der Waals surface area contributed by atoms with Crippen molar-refractivity contribution in [3.05, 3.63) is 103 Å². The summed E-state index contributed by atoms with van der Waals surface area (Å²) in [4.78, 5) is 25.2. The number of benzene rings is 3. The van der Waals surface area contributed by atoms with E-state index in [4.69, 9.17) is 0 Å². The van der Waals surface area contributed by atoms with Crippen molar-refractivity contribution in [2.24, 2.45) is 0 Å². The second-order valence-electron chi connectivity index (χ2n) is 15.5. The maximum absolute atomic E-state index is 13.2. The number of aryl methyl sites for hydroxylation is 2. The van der Waals surface area contributed by atoms with Gasteiger partial charge in [-0.3, -0.25) is 9.59 Å². The normalized spacial score (nSPS) is 12.9. The Balaban J connectivity index is 1.21. The zero-order valence-corrected chi connectivity index (χ0v) is 31.6. The highest BCUT2D eigenvalue weighted by molar-refractivity contribution is 6.46. The standard InChI is InChI=1S/C48H64O2/c1-3-5-7-9-11-13-15-17-19-21-23-37-25-27-39-31-43-35-46-44(34-42(43)33-41(39)29-37)32-40-28-26-38(30-45(40)48(46)47(50)36-49)24-22-20-18-16-14-12-10-8-6-4-2/h25-30,33-36H,3-24,31-32H2,1-2H3. The van der Waals surface area contributed by atoms with Crippen molar-refractivity contribution in [3.63, 3.8) is 0 Å². The van der Waals surface area contributed by atoms with E-state index in [1.165, 1.54) is 161 Å². The second kappa shape index (κ2) is 20.6. The van der Waals surface area contributed by atoms with Gasteiger partial charge >= 0.3 is 0 Å². The molecule has 0 spiro atoms. The molecule has 0 aromatic heterocycles. The van der Waals surface area contributed by atoms with Gasteiger partial charge < -0.3 is 0 Å². The molecule has 5 rings (SSSR count). The summed E-state index contributed by atoms with van der Waals surface area (Å²) >= 11 is 0. The highest BCUT2D eigenvalue weighted by Gasteiger charge is 2.24. The fourth-order valence-corrected chi connectivity index (χ4v) is 8.32. The monoisotopic (exact) mass is 672 g/mol. The molecule has 3 aromatic rings. The minimum Gasteiger partial charge on any atom is -0.294 e. The van der Waals surface area contributed by atoms with Crippen molar-refractivity contribution in [2.75, 3.05) is 0 Å². The Bertz CT molecular complexity index is 1670. The van der Waals surface area contributed by atoms with Crippen molar-refractivity contribution in [2.45, 2.75) is 168 Å². The van der Waals surface area contributed by atoms with Gasteiger partial charge in [-0.05, 0) is 106 Å². The van der Waals surface area contributed by atoms with Crippen LogP contribution in [0.2, 0.25) is 0 Å². The lowest BCUT2D eigenvalue weighted by molar-refractivity contribution is -0.126. The lowest BCUT2D eigenvalue weighted by atomic mass is 9.81. The highest BCUT2D eigenvalue weighted by atomic mass is 16.2. The van der Waals surface area contributed by atoms with E-state index in [9.17, 15) is 9.59 Å². The third kappa shape index (κ3) is 10.9. The average Bonchev–Trinajstić information content (AvgIpc) is 3.13. The fraction of sp³-hybridized carbons (Fsp3) is 0.542. The van der Waals surface area contributed by atoms with Crippen molar-refractivity contribution < 1.29 is 9.59 Å². The van der Waals surface area contributed by atoms with E-state index in [0.717, 1.165) is 47.6 Å². The van der Waals surface area contributed by atoms with Gasteiger partial charge in [0.15, 0.2) is 6.29 Å². The van der Waals surface area contributed by atoms with E-state index in [0.29, 0.717) is 11.9 Å². The molecule has 0 radical (unpaired) electrons. The van der Waals surface area contributed by atoms with Crippen LogP contribution in [0.5, 0.6) is 0 Å². The maximum atomic E-state index is 13.2. The smallest absolute Gasteiger partial charge is 0.226 e. The van der Waals surface area contributed by atoms with Crippen molar-refractivity contribution in [1.82, 2.24) is 0 Å². The minimum atomic E-state index is -0.403. The predicted octanol–water partition coefficient (Wildman–Crippen LogP) is 11.2. The molecule has 0 heterocycles. The summed E-state index contributed by atoms with van der Waals surface area (Å²) in [6.07, 6.45) is 33.7. The van der Waals surface area contributed by atoms with Crippen LogP contribution < -0.4 is 10.4 Å². The van der Waals surface area contributed by atoms with Crippen LogP contribution in [0.4, 0.5) is 0 Å². The molecule has 2 aliphatic carbocycles. The molecule has 50 heavy (non-hydrogen) atoms. The molecule has 0 aliphatic heterocycles. The van der Waals surface area contributed by atoms with Crippen LogP contribution in [0, 0.1) is 0 Å². The van der Waals surface area contributed by atoms with Crippen molar-refractivity contribution in [1.29, 1.82) is 0 Å². The third-order valence-corrected chi connectivity index (χ3v) is 11.4. The molecule has 0 saturated carbocycles. The Morgan fingerprint density at radius 1 is 0.540 bits per heavy atom. The first-order valence-electron chi connectivity index (χ1n) is 20.7. The molecule has 2 aliphatic rings. The van der Waals surface area contributed by atoms with Gasteiger partial charge in [-0.2, -0.15) is 0 Å². The molecule has 0 bridgehead atoms. The van der Waals surface area contributed by atoms with Gasteiger partial charge in [-0.15, -0.1) is 0 Å². The van der Waals surface area contributed by atoms with Gasteiger partial charge in [0.1, 0.15) is 0 Å². The molecule has 0 unspecified atom stereocenters. The SMILES string of the molecule is CCCCCCCCCCCCc1ccc2c(c1)C=c1cc3c(cc1C2)=C(C(=O)C=O)c1cc(CCCCCCCCCCCC)ccc1C3. The molecule has 3 aromatic carbocycles. The lowest BCUT2D eigenvalue weighted by Crippen LogP contribution is -2.30. The zero-order valence-electron chi connectivity index (χ0n) is 31.6. The summed E-state index contributed by atoms with van der Waals surface area (Å²) in [6, 6.07) is 18.2. The third-order valence-electron chi connectivity index (χ3n) is 11.4. The number of carbonyl (C=O) groups excluding carboxylic acids is 2. The van der Waals surface area contributed by atoms with Crippen molar-refractivity contribution in [3.8, 4) is 0 Å².